The van der Waals surface area contributed by atoms with Crippen LogP contribution in [-0.4, -0.2) is 37.0 Å². The van der Waals surface area contributed by atoms with E-state index in [0.717, 1.165) is 12.1 Å². The van der Waals surface area contributed by atoms with Gasteiger partial charge in [-0.1, -0.05) is 13.1 Å². The third kappa shape index (κ3) is 4.13. The summed E-state index contributed by atoms with van der Waals surface area (Å²) in [5, 5.41) is 12.6. The molecule has 1 aliphatic heterocycles. The van der Waals surface area contributed by atoms with Crippen molar-refractivity contribution in [2.45, 2.75) is 63.7 Å². The lowest BCUT2D eigenvalue weighted by Gasteiger charge is -2.23. The molecule has 0 aliphatic carbocycles. The van der Waals surface area contributed by atoms with E-state index >= 15 is 0 Å². The molecule has 2 N–H and O–H groups in total. The molecule has 0 unspecified atom stereocenters. The quantitative estimate of drug-likeness (QED) is 0.694. The van der Waals surface area contributed by atoms with Crippen LogP contribution >= 0.6 is 0 Å². The fourth-order valence-electron chi connectivity index (χ4n) is 2.13. The topological polar surface area (TPSA) is 58.6 Å². The zero-order chi connectivity index (χ0) is 12.6. The van der Waals surface area contributed by atoms with Gasteiger partial charge in [-0.3, -0.25) is 0 Å². The molecule has 1 aliphatic rings. The average molecular weight is 245 g/mol. The number of aliphatic hydroxyl groups excluding tert-OH is 1. The molecule has 1 heterocycles. The largest absolute Gasteiger partial charge is 0.444 e. The van der Waals surface area contributed by atoms with Crippen LogP contribution in [0.4, 0.5) is 4.79 Å². The first kappa shape index (κ1) is 13.5. The Bertz CT molecular complexity index is 273. The molecular formula is C11H23NO3Si. The number of amides is 1. The number of hydrogen-bond acceptors (Lipinski definition) is 3. The van der Waals surface area contributed by atoms with Crippen molar-refractivity contribution in [3.8, 4) is 0 Å². The number of carbonyl (C=O) groups is 1. The minimum atomic E-state index is -1.31. The van der Waals surface area contributed by atoms with Gasteiger partial charge in [-0.2, -0.15) is 0 Å². The van der Waals surface area contributed by atoms with Gasteiger partial charge >= 0.3 is 6.09 Å². The van der Waals surface area contributed by atoms with Gasteiger partial charge in [0, 0.05) is 0 Å². The second-order valence-corrected chi connectivity index (χ2v) is 11.5. The summed E-state index contributed by atoms with van der Waals surface area (Å²) in [7, 11) is -1.31. The van der Waals surface area contributed by atoms with Crippen molar-refractivity contribution in [3.63, 3.8) is 0 Å². The molecule has 4 nitrogen and oxygen atoms in total. The van der Waals surface area contributed by atoms with Crippen molar-refractivity contribution in [1.82, 2.24) is 5.32 Å². The lowest BCUT2D eigenvalue weighted by molar-refractivity contribution is 0.0459. The van der Waals surface area contributed by atoms with Crippen LogP contribution in [0.3, 0.4) is 0 Å². The number of rotatable bonds is 1. The molecule has 0 radical (unpaired) electrons. The Kier molecular flexibility index (Phi) is 3.69. The van der Waals surface area contributed by atoms with Gasteiger partial charge in [-0.05, 0) is 32.9 Å². The average Bonchev–Trinajstić information content (AvgIpc) is 2.19. The maximum Gasteiger partial charge on any atom is 0.407 e. The number of aliphatic hydroxyl groups is 1. The van der Waals surface area contributed by atoms with Crippen LogP contribution in [0.1, 0.15) is 20.8 Å². The van der Waals surface area contributed by atoms with E-state index in [1.165, 1.54) is 0 Å². The van der Waals surface area contributed by atoms with E-state index in [0.29, 0.717) is 0 Å². The van der Waals surface area contributed by atoms with E-state index in [2.05, 4.69) is 18.4 Å². The van der Waals surface area contributed by atoms with Gasteiger partial charge in [0.1, 0.15) is 5.60 Å². The van der Waals surface area contributed by atoms with Gasteiger partial charge in [-0.25, -0.2) is 4.79 Å². The van der Waals surface area contributed by atoms with Gasteiger partial charge in [0.15, 0.2) is 0 Å². The van der Waals surface area contributed by atoms with E-state index in [9.17, 15) is 9.90 Å². The molecule has 0 aromatic carbocycles. The maximum absolute atomic E-state index is 11.5. The third-order valence-corrected chi connectivity index (χ3v) is 5.77. The van der Waals surface area contributed by atoms with Gasteiger partial charge in [0.05, 0.1) is 20.2 Å². The van der Waals surface area contributed by atoms with Crippen LogP contribution in [0.25, 0.3) is 0 Å². The Morgan fingerprint density at radius 1 is 1.38 bits per heavy atom. The van der Waals surface area contributed by atoms with E-state index in [1.54, 1.807) is 0 Å². The zero-order valence-electron chi connectivity index (χ0n) is 10.8. The van der Waals surface area contributed by atoms with Crippen molar-refractivity contribution in [3.05, 3.63) is 0 Å². The third-order valence-electron chi connectivity index (χ3n) is 2.70. The molecule has 0 saturated carbocycles. The maximum atomic E-state index is 11.5. The number of carbonyl (C=O) groups excluding carboxylic acids is 1. The Morgan fingerprint density at radius 2 is 1.94 bits per heavy atom. The van der Waals surface area contributed by atoms with E-state index < -0.39 is 25.9 Å². The summed E-state index contributed by atoms with van der Waals surface area (Å²) < 4.78 is 5.17. The minimum absolute atomic E-state index is 0.128. The molecular weight excluding hydrogens is 222 g/mol. The molecule has 0 aromatic heterocycles. The van der Waals surface area contributed by atoms with Crippen molar-refractivity contribution >= 4 is 14.2 Å². The van der Waals surface area contributed by atoms with Gasteiger partial charge in [-0.15, -0.1) is 0 Å². The molecule has 2 atom stereocenters. The number of alkyl carbamates (subject to hydrolysis) is 1. The molecule has 0 bridgehead atoms. The van der Waals surface area contributed by atoms with Crippen LogP contribution in [0.2, 0.25) is 25.2 Å². The summed E-state index contributed by atoms with van der Waals surface area (Å²) in [6.07, 6.45) is -0.836. The van der Waals surface area contributed by atoms with Crippen molar-refractivity contribution < 1.29 is 14.6 Å². The van der Waals surface area contributed by atoms with Gasteiger partial charge in [0.25, 0.3) is 0 Å². The fourth-order valence-corrected chi connectivity index (χ4v) is 5.28. The van der Waals surface area contributed by atoms with Crippen molar-refractivity contribution in [2.75, 3.05) is 0 Å². The van der Waals surface area contributed by atoms with Crippen LogP contribution in [0.5, 0.6) is 0 Å². The van der Waals surface area contributed by atoms with Crippen LogP contribution in [0, 0.1) is 0 Å². The highest BCUT2D eigenvalue weighted by molar-refractivity contribution is 6.78. The predicted molar refractivity (Wildman–Crippen MR) is 66.3 cm³/mol. The first-order valence-electron chi connectivity index (χ1n) is 5.77. The smallest absolute Gasteiger partial charge is 0.407 e. The second kappa shape index (κ2) is 4.37. The summed E-state index contributed by atoms with van der Waals surface area (Å²) in [6.45, 7) is 9.95. The number of hydrogen-bond donors (Lipinski definition) is 2. The lowest BCUT2D eigenvalue weighted by Crippen LogP contribution is -2.42. The summed E-state index contributed by atoms with van der Waals surface area (Å²) in [6, 6.07) is 1.65. The highest BCUT2D eigenvalue weighted by atomic mass is 28.3. The van der Waals surface area contributed by atoms with Crippen molar-refractivity contribution in [2.24, 2.45) is 0 Å². The van der Waals surface area contributed by atoms with E-state index in [1.807, 2.05) is 20.8 Å². The zero-order valence-corrected chi connectivity index (χ0v) is 11.8. The van der Waals surface area contributed by atoms with Crippen molar-refractivity contribution in [1.29, 1.82) is 0 Å². The first-order chi connectivity index (χ1) is 7.09. The monoisotopic (exact) mass is 245 g/mol. The SMILES string of the molecule is CC(C)(C)OC(=O)N[C@@H]1C[Si](C)(C)C[C@@H]1O. The predicted octanol–water partition coefficient (Wildman–Crippen LogP) is 1.96. The van der Waals surface area contributed by atoms with Crippen LogP contribution in [-0.2, 0) is 4.74 Å². The lowest BCUT2D eigenvalue weighted by atomic mass is 10.2. The Balaban J connectivity index is 2.47. The highest BCUT2D eigenvalue weighted by Gasteiger charge is 2.40. The highest BCUT2D eigenvalue weighted by Crippen LogP contribution is 2.30. The Morgan fingerprint density at radius 3 is 2.31 bits per heavy atom. The van der Waals surface area contributed by atoms with E-state index in [4.69, 9.17) is 4.74 Å². The molecule has 94 valence electrons. The molecule has 1 amide bonds. The molecule has 0 aromatic rings. The van der Waals surface area contributed by atoms with Gasteiger partial charge < -0.3 is 15.2 Å². The second-order valence-electron chi connectivity index (χ2n) is 6.39. The summed E-state index contributed by atoms with van der Waals surface area (Å²) in [5.41, 5.74) is -0.486. The summed E-state index contributed by atoms with van der Waals surface area (Å²) in [5.74, 6) is 0. The van der Waals surface area contributed by atoms with E-state index in [-0.39, 0.29) is 6.04 Å². The first-order valence-corrected chi connectivity index (χ1v) is 9.18. The summed E-state index contributed by atoms with van der Waals surface area (Å²) >= 11 is 0. The molecule has 16 heavy (non-hydrogen) atoms. The molecule has 1 fully saturated rings. The number of ether oxygens (including phenoxy) is 1. The Hall–Kier alpha value is -0.553. The van der Waals surface area contributed by atoms with Gasteiger partial charge in [0.2, 0.25) is 0 Å². The van der Waals surface area contributed by atoms with Crippen LogP contribution < -0.4 is 5.32 Å². The summed E-state index contributed by atoms with van der Waals surface area (Å²) in [4.78, 5) is 11.5. The number of nitrogens with one attached hydrogen (secondary N) is 1. The standard InChI is InChI=1S/C11H23NO3Si/c1-11(2,3)15-10(14)12-8-6-16(4,5)7-9(8)13/h8-9,13H,6-7H2,1-5H3,(H,12,14)/t8-,9+/m1/s1. The molecule has 1 saturated heterocycles. The molecule has 5 heteroatoms. The fraction of sp³-hybridized carbons (Fsp3) is 0.909. The molecule has 0 spiro atoms. The minimum Gasteiger partial charge on any atom is -0.444 e. The van der Waals surface area contributed by atoms with Crippen LogP contribution in [0.15, 0.2) is 0 Å². The Labute approximate surface area is 98.4 Å². The normalized spacial score (nSPS) is 28.9. The molecule has 1 rings (SSSR count).